The lowest BCUT2D eigenvalue weighted by atomic mass is 9.86. The molecule has 0 aliphatic carbocycles. The van der Waals surface area contributed by atoms with Crippen molar-refractivity contribution in [1.29, 1.82) is 0 Å². The van der Waals surface area contributed by atoms with Gasteiger partial charge in [0.25, 0.3) is 0 Å². The van der Waals surface area contributed by atoms with E-state index in [0.717, 1.165) is 85.2 Å². The number of hydrogen-bond donors (Lipinski definition) is 1. The van der Waals surface area contributed by atoms with Gasteiger partial charge in [-0.3, -0.25) is 4.99 Å². The van der Waals surface area contributed by atoms with Crippen molar-refractivity contribution in [2.24, 2.45) is 4.99 Å². The summed E-state index contributed by atoms with van der Waals surface area (Å²) >= 11 is 0. The zero-order chi connectivity index (χ0) is 23.4. The summed E-state index contributed by atoms with van der Waals surface area (Å²) in [4.78, 5) is 5.05. The highest BCUT2D eigenvalue weighted by Crippen LogP contribution is 2.39. The van der Waals surface area contributed by atoms with Crippen LogP contribution in [0.2, 0.25) is 0 Å². The fraction of sp³-hybridized carbons (Fsp3) is 0.444. The second-order valence-corrected chi connectivity index (χ2v) is 8.34. The summed E-state index contributed by atoms with van der Waals surface area (Å²) in [6, 6.07) is 8.38. The number of benzene rings is 2. The number of unbranched alkanes of at least 4 members (excludes halogenated alkanes) is 1. The lowest BCUT2D eigenvalue weighted by Crippen LogP contribution is -2.27. The molecule has 1 N–H and O–H groups in total. The zero-order valence-electron chi connectivity index (χ0n) is 20.3. The van der Waals surface area contributed by atoms with Gasteiger partial charge in [-0.1, -0.05) is 13.3 Å². The van der Waals surface area contributed by atoms with Crippen molar-refractivity contribution >= 4 is 11.4 Å². The van der Waals surface area contributed by atoms with Gasteiger partial charge in [0.15, 0.2) is 23.0 Å². The van der Waals surface area contributed by atoms with Crippen molar-refractivity contribution < 1.29 is 18.9 Å². The topological polar surface area (TPSA) is 61.3 Å². The van der Waals surface area contributed by atoms with E-state index < -0.39 is 0 Å². The Morgan fingerprint density at radius 3 is 2.00 bits per heavy atom. The summed E-state index contributed by atoms with van der Waals surface area (Å²) in [5.74, 6) is 3.00. The van der Waals surface area contributed by atoms with Gasteiger partial charge in [-0.05, 0) is 61.1 Å². The summed E-state index contributed by atoms with van der Waals surface area (Å²) in [5, 5.41) is 3.70. The molecular formula is C27H34N2O4. The molecule has 2 aliphatic rings. The van der Waals surface area contributed by atoms with Crippen LogP contribution in [0.1, 0.15) is 48.4 Å². The molecule has 2 heterocycles. The Morgan fingerprint density at radius 1 is 0.818 bits per heavy atom. The molecule has 4 rings (SSSR count). The number of rotatable bonds is 8. The molecular weight excluding hydrogens is 416 g/mol. The van der Waals surface area contributed by atoms with E-state index in [-0.39, 0.29) is 0 Å². The lowest BCUT2D eigenvalue weighted by molar-refractivity contribution is 0.354. The minimum Gasteiger partial charge on any atom is -0.493 e. The third-order valence-corrected chi connectivity index (χ3v) is 6.46. The highest BCUT2D eigenvalue weighted by atomic mass is 16.5. The van der Waals surface area contributed by atoms with E-state index in [1.165, 1.54) is 22.3 Å². The van der Waals surface area contributed by atoms with E-state index >= 15 is 0 Å². The second-order valence-electron chi connectivity index (χ2n) is 8.34. The van der Waals surface area contributed by atoms with Crippen molar-refractivity contribution in [3.8, 4) is 23.0 Å². The van der Waals surface area contributed by atoms with Crippen LogP contribution in [0.3, 0.4) is 0 Å². The number of hydrogen-bond acceptors (Lipinski definition) is 6. The van der Waals surface area contributed by atoms with Crippen LogP contribution in [0.4, 0.5) is 0 Å². The predicted molar refractivity (Wildman–Crippen MR) is 132 cm³/mol. The van der Waals surface area contributed by atoms with Gasteiger partial charge < -0.3 is 24.3 Å². The largest absolute Gasteiger partial charge is 0.493 e. The van der Waals surface area contributed by atoms with Crippen molar-refractivity contribution in [1.82, 2.24) is 5.32 Å². The minimum absolute atomic E-state index is 0.731. The van der Waals surface area contributed by atoms with Crippen molar-refractivity contribution in [3.05, 3.63) is 52.1 Å². The van der Waals surface area contributed by atoms with E-state index in [1.54, 1.807) is 28.4 Å². The molecule has 0 amide bonds. The molecule has 0 bridgehead atoms. The SMILES string of the molecule is CCCC/C(C1=NCCc2cc(OC)c(OC)cc21)=C1\NCCc2cc(OC)c(OC)cc21. The molecule has 0 saturated heterocycles. The van der Waals surface area contributed by atoms with Gasteiger partial charge in [0.2, 0.25) is 0 Å². The molecule has 0 unspecified atom stereocenters. The van der Waals surface area contributed by atoms with E-state index in [2.05, 4.69) is 36.5 Å². The van der Waals surface area contributed by atoms with Crippen LogP contribution in [0.5, 0.6) is 23.0 Å². The molecule has 2 aliphatic heterocycles. The zero-order valence-corrected chi connectivity index (χ0v) is 20.3. The first-order valence-electron chi connectivity index (χ1n) is 11.7. The van der Waals surface area contributed by atoms with Gasteiger partial charge in [0, 0.05) is 35.5 Å². The molecule has 2 aromatic rings. The number of aliphatic imine (C=N–C) groups is 1. The smallest absolute Gasteiger partial charge is 0.161 e. The van der Waals surface area contributed by atoms with Crippen LogP contribution in [0.15, 0.2) is 34.8 Å². The average molecular weight is 451 g/mol. The predicted octanol–water partition coefficient (Wildman–Crippen LogP) is 4.81. The lowest BCUT2D eigenvalue weighted by Gasteiger charge is -2.28. The first-order chi connectivity index (χ1) is 16.1. The monoisotopic (exact) mass is 450 g/mol. The number of fused-ring (bicyclic) bond motifs is 2. The van der Waals surface area contributed by atoms with Crippen LogP contribution in [0.25, 0.3) is 5.70 Å². The van der Waals surface area contributed by atoms with E-state index in [1.807, 2.05) is 0 Å². The van der Waals surface area contributed by atoms with Gasteiger partial charge in [0.1, 0.15) is 0 Å². The Kier molecular flexibility index (Phi) is 7.11. The molecule has 0 saturated carbocycles. The first kappa shape index (κ1) is 23.0. The van der Waals surface area contributed by atoms with E-state index in [0.29, 0.717) is 0 Å². The van der Waals surface area contributed by atoms with Gasteiger partial charge in [0.05, 0.1) is 34.2 Å². The Labute approximate surface area is 196 Å². The van der Waals surface area contributed by atoms with Crippen LogP contribution < -0.4 is 24.3 Å². The molecule has 6 heteroatoms. The van der Waals surface area contributed by atoms with Crippen LogP contribution in [-0.4, -0.2) is 47.2 Å². The summed E-state index contributed by atoms with van der Waals surface area (Å²) < 4.78 is 22.4. The number of ether oxygens (including phenoxy) is 4. The normalized spacial score (nSPS) is 16.1. The maximum Gasteiger partial charge on any atom is 0.161 e. The number of methoxy groups -OCH3 is 4. The third kappa shape index (κ3) is 4.39. The third-order valence-electron chi connectivity index (χ3n) is 6.46. The number of nitrogens with zero attached hydrogens (tertiary/aromatic N) is 1. The summed E-state index contributed by atoms with van der Waals surface area (Å²) in [6.45, 7) is 3.86. The maximum absolute atomic E-state index is 5.63. The van der Waals surface area contributed by atoms with Crippen molar-refractivity contribution in [2.45, 2.75) is 39.0 Å². The highest BCUT2D eigenvalue weighted by molar-refractivity contribution is 6.18. The van der Waals surface area contributed by atoms with Gasteiger partial charge in [-0.25, -0.2) is 0 Å². The molecule has 0 aromatic heterocycles. The Morgan fingerprint density at radius 2 is 1.39 bits per heavy atom. The maximum atomic E-state index is 5.63. The number of allylic oxidation sites excluding steroid dienone is 1. The summed E-state index contributed by atoms with van der Waals surface area (Å²) in [5.41, 5.74) is 8.25. The quantitative estimate of drug-likeness (QED) is 0.625. The molecule has 0 spiro atoms. The molecule has 0 atom stereocenters. The Hall–Kier alpha value is -3.15. The summed E-state index contributed by atoms with van der Waals surface area (Å²) in [6.07, 6.45) is 4.98. The second kappa shape index (κ2) is 10.2. The first-order valence-corrected chi connectivity index (χ1v) is 11.7. The van der Waals surface area contributed by atoms with Crippen molar-refractivity contribution in [2.75, 3.05) is 41.5 Å². The van der Waals surface area contributed by atoms with Gasteiger partial charge >= 0.3 is 0 Å². The average Bonchev–Trinajstić information content (AvgIpc) is 2.87. The molecule has 176 valence electrons. The van der Waals surface area contributed by atoms with Crippen molar-refractivity contribution in [3.63, 3.8) is 0 Å². The molecule has 0 fully saturated rings. The molecule has 6 nitrogen and oxygen atoms in total. The van der Waals surface area contributed by atoms with Crippen LogP contribution >= 0.6 is 0 Å². The van der Waals surface area contributed by atoms with Crippen LogP contribution in [-0.2, 0) is 12.8 Å². The fourth-order valence-electron chi connectivity index (χ4n) is 4.74. The molecule has 2 aromatic carbocycles. The minimum atomic E-state index is 0.731. The molecule has 0 radical (unpaired) electrons. The number of nitrogens with one attached hydrogen (secondary N) is 1. The van der Waals surface area contributed by atoms with Gasteiger partial charge in [-0.2, -0.15) is 0 Å². The van der Waals surface area contributed by atoms with Gasteiger partial charge in [-0.15, -0.1) is 0 Å². The van der Waals surface area contributed by atoms with E-state index in [9.17, 15) is 0 Å². The fourth-order valence-corrected chi connectivity index (χ4v) is 4.74. The Balaban J connectivity index is 1.91. The molecule has 33 heavy (non-hydrogen) atoms. The Bertz CT molecular complexity index is 1090. The van der Waals surface area contributed by atoms with E-state index in [4.69, 9.17) is 23.9 Å². The standard InChI is InChI=1S/C27H34N2O4/c1-6-7-8-19(26-20-15-24(32-4)22(30-2)13-17(20)9-11-28-26)27-21-16-25(33-5)23(31-3)14-18(21)10-12-29-27/h13-16,28H,6-12H2,1-5H3/b26-19+. The van der Waals surface area contributed by atoms with Crippen LogP contribution in [0, 0.1) is 0 Å². The summed E-state index contributed by atoms with van der Waals surface area (Å²) in [7, 11) is 6.73. The highest BCUT2D eigenvalue weighted by Gasteiger charge is 2.27.